The number of rotatable bonds is 5. The lowest BCUT2D eigenvalue weighted by Crippen LogP contribution is -2.28. The number of tetrazole rings is 1. The van der Waals surface area contributed by atoms with Crippen molar-refractivity contribution in [3.05, 3.63) is 27.2 Å². The molecule has 1 amide bonds. The number of aromatic nitrogens is 4. The van der Waals surface area contributed by atoms with Gasteiger partial charge in [0.05, 0.1) is 10.9 Å². The second-order valence-corrected chi connectivity index (χ2v) is 6.13. The van der Waals surface area contributed by atoms with Crippen LogP contribution in [0.4, 0.5) is 0 Å². The van der Waals surface area contributed by atoms with Gasteiger partial charge in [0.1, 0.15) is 0 Å². The van der Waals surface area contributed by atoms with E-state index in [2.05, 4.69) is 32.9 Å². The van der Waals surface area contributed by atoms with Gasteiger partial charge in [-0.2, -0.15) is 5.21 Å². The molecule has 3 rings (SSSR count). The number of aryl methyl sites for hydroxylation is 2. The average molecular weight is 291 g/mol. The molecule has 0 aliphatic heterocycles. The second-order valence-electron chi connectivity index (χ2n) is 5.00. The highest BCUT2D eigenvalue weighted by Crippen LogP contribution is 2.30. The van der Waals surface area contributed by atoms with Gasteiger partial charge >= 0.3 is 0 Å². The quantitative estimate of drug-likeness (QED) is 0.882. The van der Waals surface area contributed by atoms with Gasteiger partial charge in [-0.1, -0.05) is 18.6 Å². The maximum Gasteiger partial charge on any atom is 0.261 e. The summed E-state index contributed by atoms with van der Waals surface area (Å²) in [5.41, 5.74) is 1.34. The average Bonchev–Trinajstić information content (AvgIpc) is 3.14. The van der Waals surface area contributed by atoms with Crippen molar-refractivity contribution < 1.29 is 4.79 Å². The van der Waals surface area contributed by atoms with Crippen molar-refractivity contribution in [3.63, 3.8) is 0 Å². The first kappa shape index (κ1) is 13.2. The fourth-order valence-electron chi connectivity index (χ4n) is 2.54. The van der Waals surface area contributed by atoms with Gasteiger partial charge in [-0.3, -0.25) is 4.79 Å². The van der Waals surface area contributed by atoms with Gasteiger partial charge < -0.3 is 5.32 Å². The molecule has 1 aliphatic carbocycles. The Bertz CT molecular complexity index is 570. The lowest BCUT2D eigenvalue weighted by molar-refractivity contribution is 0.0936. The van der Waals surface area contributed by atoms with E-state index in [1.165, 1.54) is 16.9 Å². The SMILES string of the molecule is CCC[C@@H](NC(=O)c1cc2c(s1)CCC2)c1nn[nH]n1. The van der Waals surface area contributed by atoms with Gasteiger partial charge in [0.15, 0.2) is 5.82 Å². The summed E-state index contributed by atoms with van der Waals surface area (Å²) in [6.07, 6.45) is 5.17. The molecular formula is C13H17N5OS. The van der Waals surface area contributed by atoms with Gasteiger partial charge in [0.25, 0.3) is 5.91 Å². The van der Waals surface area contributed by atoms with Crippen LogP contribution in [0.1, 0.15) is 58.2 Å². The molecule has 0 radical (unpaired) electrons. The van der Waals surface area contributed by atoms with Crippen LogP contribution in [-0.4, -0.2) is 26.5 Å². The predicted octanol–water partition coefficient (Wildman–Crippen LogP) is 2.02. The molecule has 2 N–H and O–H groups in total. The monoisotopic (exact) mass is 291 g/mol. The number of carbonyl (C=O) groups is 1. The number of thiophene rings is 1. The molecule has 106 valence electrons. The summed E-state index contributed by atoms with van der Waals surface area (Å²) in [5, 5.41) is 17.0. The van der Waals surface area contributed by atoms with E-state index in [9.17, 15) is 4.79 Å². The summed E-state index contributed by atoms with van der Waals surface area (Å²) < 4.78 is 0. The number of nitrogens with one attached hydrogen (secondary N) is 2. The third-order valence-corrected chi connectivity index (χ3v) is 4.76. The molecule has 0 saturated heterocycles. The van der Waals surface area contributed by atoms with E-state index in [4.69, 9.17) is 0 Å². The number of fused-ring (bicyclic) bond motifs is 1. The summed E-state index contributed by atoms with van der Waals surface area (Å²) >= 11 is 1.61. The summed E-state index contributed by atoms with van der Waals surface area (Å²) in [4.78, 5) is 14.5. The predicted molar refractivity (Wildman–Crippen MR) is 75.6 cm³/mol. The van der Waals surface area contributed by atoms with Crippen molar-refractivity contribution in [2.75, 3.05) is 0 Å². The molecular weight excluding hydrogens is 274 g/mol. The highest BCUT2D eigenvalue weighted by molar-refractivity contribution is 7.14. The molecule has 2 aromatic rings. The number of hydrogen-bond donors (Lipinski definition) is 2. The van der Waals surface area contributed by atoms with Gasteiger partial charge in [0, 0.05) is 4.88 Å². The Kier molecular flexibility index (Phi) is 3.77. The van der Waals surface area contributed by atoms with Crippen molar-refractivity contribution in [1.29, 1.82) is 0 Å². The lowest BCUT2D eigenvalue weighted by atomic mass is 10.1. The van der Waals surface area contributed by atoms with E-state index in [1.807, 2.05) is 6.07 Å². The fraction of sp³-hybridized carbons (Fsp3) is 0.538. The largest absolute Gasteiger partial charge is 0.341 e. The first-order chi connectivity index (χ1) is 9.78. The van der Waals surface area contributed by atoms with E-state index in [-0.39, 0.29) is 11.9 Å². The third kappa shape index (κ3) is 2.58. The standard InChI is InChI=1S/C13H17N5OS/c1-2-4-9(12-15-17-18-16-12)14-13(19)11-7-8-5-3-6-10(8)20-11/h7,9H,2-6H2,1H3,(H,14,19)(H,15,16,17,18)/t9-/m1/s1. The van der Waals surface area contributed by atoms with Crippen LogP contribution in [0.2, 0.25) is 0 Å². The molecule has 1 atom stereocenters. The van der Waals surface area contributed by atoms with Gasteiger partial charge in [0.2, 0.25) is 0 Å². The Hall–Kier alpha value is -1.76. The van der Waals surface area contributed by atoms with Crippen molar-refractivity contribution in [2.24, 2.45) is 0 Å². The van der Waals surface area contributed by atoms with E-state index in [0.29, 0.717) is 5.82 Å². The number of carbonyl (C=O) groups excluding carboxylic acids is 1. The summed E-state index contributed by atoms with van der Waals surface area (Å²) in [7, 11) is 0. The van der Waals surface area contributed by atoms with Crippen LogP contribution in [-0.2, 0) is 12.8 Å². The normalized spacial score (nSPS) is 15.1. The van der Waals surface area contributed by atoms with Crippen molar-refractivity contribution in [2.45, 2.75) is 45.1 Å². The highest BCUT2D eigenvalue weighted by atomic mass is 32.1. The van der Waals surface area contributed by atoms with E-state index >= 15 is 0 Å². The molecule has 0 unspecified atom stereocenters. The van der Waals surface area contributed by atoms with Crippen LogP contribution in [0.15, 0.2) is 6.07 Å². The lowest BCUT2D eigenvalue weighted by Gasteiger charge is -2.13. The Morgan fingerprint density at radius 2 is 2.45 bits per heavy atom. The molecule has 0 saturated carbocycles. The first-order valence-electron chi connectivity index (χ1n) is 6.93. The molecule has 7 heteroatoms. The van der Waals surface area contributed by atoms with Crippen molar-refractivity contribution >= 4 is 17.2 Å². The van der Waals surface area contributed by atoms with E-state index in [1.54, 1.807) is 11.3 Å². The number of amides is 1. The van der Waals surface area contributed by atoms with E-state index < -0.39 is 0 Å². The Morgan fingerprint density at radius 3 is 3.15 bits per heavy atom. The van der Waals surface area contributed by atoms with Crippen LogP contribution in [0.5, 0.6) is 0 Å². The molecule has 1 aliphatic rings. The molecule has 2 heterocycles. The smallest absolute Gasteiger partial charge is 0.261 e. The maximum atomic E-state index is 12.3. The Labute approximate surface area is 121 Å². The van der Waals surface area contributed by atoms with Crippen LogP contribution < -0.4 is 5.32 Å². The summed E-state index contributed by atoms with van der Waals surface area (Å²) in [6.45, 7) is 2.07. The zero-order valence-corrected chi connectivity index (χ0v) is 12.2. The Morgan fingerprint density at radius 1 is 1.55 bits per heavy atom. The summed E-state index contributed by atoms with van der Waals surface area (Å²) in [6, 6.07) is 1.85. The Balaban J connectivity index is 1.72. The minimum atomic E-state index is -0.178. The summed E-state index contributed by atoms with van der Waals surface area (Å²) in [5.74, 6) is 0.511. The molecule has 6 nitrogen and oxygen atoms in total. The van der Waals surface area contributed by atoms with Crippen LogP contribution in [0.25, 0.3) is 0 Å². The minimum absolute atomic E-state index is 0.0346. The van der Waals surface area contributed by atoms with Crippen LogP contribution >= 0.6 is 11.3 Å². The highest BCUT2D eigenvalue weighted by Gasteiger charge is 2.22. The molecule has 0 fully saturated rings. The van der Waals surface area contributed by atoms with Gasteiger partial charge in [-0.15, -0.1) is 21.5 Å². The molecule has 2 aromatic heterocycles. The van der Waals surface area contributed by atoms with Crippen LogP contribution in [0.3, 0.4) is 0 Å². The molecule has 0 bridgehead atoms. The zero-order valence-electron chi connectivity index (χ0n) is 11.3. The van der Waals surface area contributed by atoms with Crippen LogP contribution in [0, 0.1) is 0 Å². The van der Waals surface area contributed by atoms with Gasteiger partial charge in [-0.25, -0.2) is 0 Å². The van der Waals surface area contributed by atoms with E-state index in [0.717, 1.165) is 30.6 Å². The third-order valence-electron chi connectivity index (χ3n) is 3.53. The number of hydrogen-bond acceptors (Lipinski definition) is 5. The second kappa shape index (κ2) is 5.70. The van der Waals surface area contributed by atoms with Gasteiger partial charge in [-0.05, 0) is 37.3 Å². The first-order valence-corrected chi connectivity index (χ1v) is 7.75. The number of nitrogens with zero attached hydrogens (tertiary/aromatic N) is 3. The van der Waals surface area contributed by atoms with Crippen molar-refractivity contribution in [3.8, 4) is 0 Å². The zero-order chi connectivity index (χ0) is 13.9. The maximum absolute atomic E-state index is 12.3. The minimum Gasteiger partial charge on any atom is -0.341 e. The topological polar surface area (TPSA) is 83.6 Å². The molecule has 0 spiro atoms. The number of H-pyrrole nitrogens is 1. The fourth-order valence-corrected chi connectivity index (χ4v) is 3.70. The molecule has 20 heavy (non-hydrogen) atoms. The van der Waals surface area contributed by atoms with Crippen molar-refractivity contribution in [1.82, 2.24) is 25.9 Å². The number of aromatic amines is 1. The molecule has 0 aromatic carbocycles.